The zero-order chi connectivity index (χ0) is 12.9. The molecule has 1 aromatic heterocycles. The number of hydrogen-bond acceptors (Lipinski definition) is 5. The van der Waals surface area contributed by atoms with Crippen LogP contribution in [-0.4, -0.2) is 35.6 Å². The van der Waals surface area contributed by atoms with Gasteiger partial charge in [-0.3, -0.25) is 0 Å². The van der Waals surface area contributed by atoms with Gasteiger partial charge in [-0.1, -0.05) is 5.16 Å². The molecule has 17 heavy (non-hydrogen) atoms. The van der Waals surface area contributed by atoms with E-state index in [4.69, 9.17) is 4.52 Å². The summed E-state index contributed by atoms with van der Waals surface area (Å²) < 4.78 is 43.6. The van der Waals surface area contributed by atoms with Gasteiger partial charge < -0.3 is 14.6 Å². The topological polar surface area (TPSA) is 77.2 Å². The number of alkyl halides is 3. The van der Waals surface area contributed by atoms with E-state index < -0.39 is 18.9 Å². The average molecular weight is 253 g/mol. The van der Waals surface area contributed by atoms with Gasteiger partial charge in [0, 0.05) is 13.0 Å². The predicted octanol–water partition coefficient (Wildman–Crippen LogP) is 1.21. The molecule has 1 heterocycles. The lowest BCUT2D eigenvalue weighted by atomic mass is 10.4. The van der Waals surface area contributed by atoms with Crippen LogP contribution in [-0.2, 0) is 11.2 Å². The Morgan fingerprint density at radius 3 is 2.76 bits per heavy atom. The van der Waals surface area contributed by atoms with Crippen molar-refractivity contribution in [2.75, 3.05) is 13.2 Å². The van der Waals surface area contributed by atoms with Gasteiger partial charge >= 0.3 is 12.3 Å². The normalized spacial score (nSPS) is 11.3. The van der Waals surface area contributed by atoms with Crippen LogP contribution in [0.15, 0.2) is 4.52 Å². The second-order valence-corrected chi connectivity index (χ2v) is 3.10. The van der Waals surface area contributed by atoms with Crippen LogP contribution in [0.5, 0.6) is 0 Å². The second-order valence-electron chi connectivity index (χ2n) is 3.10. The van der Waals surface area contributed by atoms with Crippen molar-refractivity contribution in [1.29, 1.82) is 0 Å². The molecule has 1 N–H and O–H groups in total. The van der Waals surface area contributed by atoms with E-state index in [-0.39, 0.29) is 13.0 Å². The van der Waals surface area contributed by atoms with Crippen LogP contribution in [0, 0.1) is 6.92 Å². The summed E-state index contributed by atoms with van der Waals surface area (Å²) in [6.45, 7) is 0.0643. The van der Waals surface area contributed by atoms with Gasteiger partial charge in [0.2, 0.25) is 5.89 Å². The molecule has 0 saturated carbocycles. The Morgan fingerprint density at radius 2 is 2.24 bits per heavy atom. The molecule has 96 valence electrons. The maximum Gasteiger partial charge on any atom is 0.422 e. The molecule has 0 aliphatic rings. The van der Waals surface area contributed by atoms with Crippen LogP contribution < -0.4 is 5.32 Å². The number of nitrogens with zero attached hydrogens (tertiary/aromatic N) is 2. The summed E-state index contributed by atoms with van der Waals surface area (Å²) in [4.78, 5) is 14.6. The summed E-state index contributed by atoms with van der Waals surface area (Å²) >= 11 is 0. The van der Waals surface area contributed by atoms with Gasteiger partial charge in [0.05, 0.1) is 0 Å². The highest BCUT2D eigenvalue weighted by Gasteiger charge is 2.29. The van der Waals surface area contributed by atoms with Gasteiger partial charge in [-0.05, 0) is 6.92 Å². The fraction of sp³-hybridized carbons (Fsp3) is 0.625. The third kappa shape index (κ3) is 5.73. The summed E-state index contributed by atoms with van der Waals surface area (Å²) in [6, 6.07) is 0. The Bertz CT molecular complexity index is 378. The third-order valence-corrected chi connectivity index (χ3v) is 1.54. The summed E-state index contributed by atoms with van der Waals surface area (Å²) in [7, 11) is 0. The highest BCUT2D eigenvalue weighted by molar-refractivity contribution is 5.67. The summed E-state index contributed by atoms with van der Waals surface area (Å²) in [5.74, 6) is 0.735. The molecule has 0 radical (unpaired) electrons. The Morgan fingerprint density at radius 1 is 1.53 bits per heavy atom. The molecule has 0 bridgehead atoms. The summed E-state index contributed by atoms with van der Waals surface area (Å²) in [6.07, 6.45) is -5.44. The average Bonchev–Trinajstić information content (AvgIpc) is 2.60. The first-order chi connectivity index (χ1) is 7.87. The van der Waals surface area contributed by atoms with Gasteiger partial charge in [-0.15, -0.1) is 0 Å². The number of carbonyl (C=O) groups excluding carboxylic acids is 1. The number of aromatic nitrogens is 2. The van der Waals surface area contributed by atoms with Crippen molar-refractivity contribution in [2.24, 2.45) is 0 Å². The van der Waals surface area contributed by atoms with Crippen molar-refractivity contribution < 1.29 is 27.2 Å². The maximum atomic E-state index is 11.7. The SMILES string of the molecule is Cc1noc(CCNC(=O)OCC(F)(F)F)n1. The molecular formula is C8H10F3N3O3. The monoisotopic (exact) mass is 253 g/mol. The molecule has 0 aromatic carbocycles. The number of amides is 1. The van der Waals surface area contributed by atoms with E-state index in [1.165, 1.54) is 0 Å². The van der Waals surface area contributed by atoms with Gasteiger partial charge in [-0.25, -0.2) is 4.79 Å². The van der Waals surface area contributed by atoms with Gasteiger partial charge in [0.25, 0.3) is 0 Å². The van der Waals surface area contributed by atoms with E-state index in [1.54, 1.807) is 6.92 Å². The van der Waals surface area contributed by atoms with Crippen LogP contribution in [0.25, 0.3) is 0 Å². The molecule has 1 amide bonds. The summed E-state index contributed by atoms with van der Waals surface area (Å²) in [5.41, 5.74) is 0. The van der Waals surface area contributed by atoms with E-state index in [0.29, 0.717) is 11.7 Å². The highest BCUT2D eigenvalue weighted by Crippen LogP contribution is 2.14. The van der Waals surface area contributed by atoms with Crippen molar-refractivity contribution in [1.82, 2.24) is 15.5 Å². The molecule has 6 nitrogen and oxygen atoms in total. The molecule has 0 aliphatic carbocycles. The quantitative estimate of drug-likeness (QED) is 0.872. The minimum Gasteiger partial charge on any atom is -0.440 e. The molecule has 1 rings (SSSR count). The number of ether oxygens (including phenoxy) is 1. The Labute approximate surface area is 94.1 Å². The fourth-order valence-electron chi connectivity index (χ4n) is 0.911. The number of hydrogen-bond donors (Lipinski definition) is 1. The lowest BCUT2D eigenvalue weighted by molar-refractivity contribution is -0.160. The van der Waals surface area contributed by atoms with Gasteiger partial charge in [0.15, 0.2) is 12.4 Å². The molecule has 0 atom stereocenters. The molecule has 0 aliphatic heterocycles. The lowest BCUT2D eigenvalue weighted by Crippen LogP contribution is -2.30. The number of rotatable bonds is 4. The Hall–Kier alpha value is -1.80. The first-order valence-electron chi connectivity index (χ1n) is 4.63. The number of aryl methyl sites for hydroxylation is 1. The Balaban J connectivity index is 2.16. The van der Waals surface area contributed by atoms with Gasteiger partial charge in [0.1, 0.15) is 0 Å². The molecular weight excluding hydrogens is 243 g/mol. The maximum absolute atomic E-state index is 11.7. The van der Waals surface area contributed by atoms with Crippen molar-refractivity contribution in [3.63, 3.8) is 0 Å². The largest absolute Gasteiger partial charge is 0.440 e. The van der Waals surface area contributed by atoms with Crippen LogP contribution in [0.4, 0.5) is 18.0 Å². The summed E-state index contributed by atoms with van der Waals surface area (Å²) in [5, 5.41) is 5.63. The zero-order valence-corrected chi connectivity index (χ0v) is 8.87. The first kappa shape index (κ1) is 13.3. The molecule has 0 saturated heterocycles. The molecule has 9 heteroatoms. The highest BCUT2D eigenvalue weighted by atomic mass is 19.4. The molecule has 0 unspecified atom stereocenters. The number of carbonyl (C=O) groups is 1. The van der Waals surface area contributed by atoms with E-state index in [1.807, 2.05) is 0 Å². The van der Waals surface area contributed by atoms with E-state index >= 15 is 0 Å². The van der Waals surface area contributed by atoms with Crippen molar-refractivity contribution in [2.45, 2.75) is 19.5 Å². The van der Waals surface area contributed by atoms with E-state index in [2.05, 4.69) is 20.2 Å². The zero-order valence-electron chi connectivity index (χ0n) is 8.87. The van der Waals surface area contributed by atoms with Gasteiger partial charge in [-0.2, -0.15) is 18.2 Å². The standard InChI is InChI=1S/C8H10F3N3O3/c1-5-13-6(17-14-5)2-3-12-7(15)16-4-8(9,10)11/h2-4H2,1H3,(H,12,15). The van der Waals surface area contributed by atoms with Crippen LogP contribution >= 0.6 is 0 Å². The third-order valence-electron chi connectivity index (χ3n) is 1.54. The van der Waals surface area contributed by atoms with Crippen molar-refractivity contribution >= 4 is 6.09 Å². The first-order valence-corrected chi connectivity index (χ1v) is 4.63. The Kier molecular flexibility index (Phi) is 4.30. The lowest BCUT2D eigenvalue weighted by Gasteiger charge is -2.08. The molecule has 0 spiro atoms. The van der Waals surface area contributed by atoms with Crippen LogP contribution in [0.2, 0.25) is 0 Å². The van der Waals surface area contributed by atoms with Crippen LogP contribution in [0.3, 0.4) is 0 Å². The number of alkyl carbamates (subject to hydrolysis) is 1. The smallest absolute Gasteiger partial charge is 0.422 e. The fourth-order valence-corrected chi connectivity index (χ4v) is 0.911. The molecule has 1 aromatic rings. The predicted molar refractivity (Wildman–Crippen MR) is 48.1 cm³/mol. The van der Waals surface area contributed by atoms with Crippen molar-refractivity contribution in [3.05, 3.63) is 11.7 Å². The minimum atomic E-state index is -4.53. The number of nitrogens with one attached hydrogen (secondary N) is 1. The second kappa shape index (κ2) is 5.51. The van der Waals surface area contributed by atoms with Crippen molar-refractivity contribution in [3.8, 4) is 0 Å². The molecule has 0 fully saturated rings. The van der Waals surface area contributed by atoms with E-state index in [0.717, 1.165) is 0 Å². The minimum absolute atomic E-state index is 0.0539. The van der Waals surface area contributed by atoms with E-state index in [9.17, 15) is 18.0 Å². The van der Waals surface area contributed by atoms with Crippen LogP contribution in [0.1, 0.15) is 11.7 Å². The number of halogens is 3.